The monoisotopic (exact) mass is 199 g/mol. The van der Waals surface area contributed by atoms with E-state index in [9.17, 15) is 4.79 Å². The summed E-state index contributed by atoms with van der Waals surface area (Å²) in [6.45, 7) is 8.69. The lowest BCUT2D eigenvalue weighted by Gasteiger charge is -2.28. The van der Waals surface area contributed by atoms with Gasteiger partial charge in [-0.1, -0.05) is 6.92 Å². The maximum Gasteiger partial charge on any atom is 0.410 e. The van der Waals surface area contributed by atoms with E-state index in [0.29, 0.717) is 6.04 Å². The summed E-state index contributed by atoms with van der Waals surface area (Å²) in [7, 11) is 0. The summed E-state index contributed by atoms with van der Waals surface area (Å²) in [4.78, 5) is 13.6. The number of rotatable bonds is 1. The fourth-order valence-corrected chi connectivity index (χ4v) is 1.82. The van der Waals surface area contributed by atoms with Crippen LogP contribution in [-0.2, 0) is 4.74 Å². The van der Waals surface area contributed by atoms with Crippen LogP contribution in [0.1, 0.15) is 47.0 Å². The van der Waals surface area contributed by atoms with Gasteiger partial charge < -0.3 is 9.64 Å². The molecule has 0 radical (unpaired) electrons. The van der Waals surface area contributed by atoms with Crippen LogP contribution < -0.4 is 0 Å². The van der Waals surface area contributed by atoms with Gasteiger partial charge in [-0.2, -0.15) is 0 Å². The number of amides is 1. The van der Waals surface area contributed by atoms with E-state index in [1.165, 1.54) is 0 Å². The minimum absolute atomic E-state index is 0.151. The van der Waals surface area contributed by atoms with Gasteiger partial charge in [-0.25, -0.2) is 4.79 Å². The van der Waals surface area contributed by atoms with Crippen molar-refractivity contribution in [3.8, 4) is 0 Å². The van der Waals surface area contributed by atoms with E-state index >= 15 is 0 Å². The average molecular weight is 199 g/mol. The molecule has 0 aromatic rings. The maximum absolute atomic E-state index is 11.7. The highest BCUT2D eigenvalue weighted by molar-refractivity contribution is 5.68. The molecule has 0 saturated carbocycles. The van der Waals surface area contributed by atoms with Crippen molar-refractivity contribution in [2.24, 2.45) is 0 Å². The van der Waals surface area contributed by atoms with Gasteiger partial charge in [0.05, 0.1) is 0 Å². The molecule has 0 bridgehead atoms. The van der Waals surface area contributed by atoms with Gasteiger partial charge in [-0.3, -0.25) is 0 Å². The van der Waals surface area contributed by atoms with Crippen LogP contribution in [0.4, 0.5) is 4.79 Å². The molecule has 1 fully saturated rings. The van der Waals surface area contributed by atoms with Crippen molar-refractivity contribution in [1.29, 1.82) is 0 Å². The Labute approximate surface area is 86.4 Å². The Morgan fingerprint density at radius 2 is 2.14 bits per heavy atom. The van der Waals surface area contributed by atoms with Crippen molar-refractivity contribution in [2.45, 2.75) is 58.6 Å². The Morgan fingerprint density at radius 1 is 1.50 bits per heavy atom. The van der Waals surface area contributed by atoms with E-state index in [4.69, 9.17) is 4.74 Å². The third-order valence-corrected chi connectivity index (χ3v) is 2.48. The molecule has 14 heavy (non-hydrogen) atoms. The van der Waals surface area contributed by atoms with Crippen LogP contribution in [0.25, 0.3) is 0 Å². The minimum Gasteiger partial charge on any atom is -0.444 e. The average Bonchev–Trinajstić information content (AvgIpc) is 2.47. The molecule has 1 aliphatic heterocycles. The second-order valence-electron chi connectivity index (χ2n) is 4.88. The lowest BCUT2D eigenvalue weighted by molar-refractivity contribution is 0.0224. The molecule has 3 nitrogen and oxygen atoms in total. The van der Waals surface area contributed by atoms with E-state index in [1.54, 1.807) is 0 Å². The van der Waals surface area contributed by atoms with Gasteiger partial charge in [0.2, 0.25) is 0 Å². The van der Waals surface area contributed by atoms with Crippen LogP contribution in [0.3, 0.4) is 0 Å². The van der Waals surface area contributed by atoms with E-state index < -0.39 is 0 Å². The number of carbonyl (C=O) groups is 1. The van der Waals surface area contributed by atoms with E-state index in [0.717, 1.165) is 25.8 Å². The molecule has 0 aromatic carbocycles. The highest BCUT2D eigenvalue weighted by atomic mass is 16.6. The summed E-state index contributed by atoms with van der Waals surface area (Å²) in [6, 6.07) is 0.393. The summed E-state index contributed by atoms with van der Waals surface area (Å²) in [6.07, 6.45) is 3.11. The smallest absolute Gasteiger partial charge is 0.410 e. The van der Waals surface area contributed by atoms with Crippen LogP contribution >= 0.6 is 0 Å². The fraction of sp³-hybridized carbons (Fsp3) is 0.909. The van der Waals surface area contributed by atoms with Crippen LogP contribution in [-0.4, -0.2) is 29.2 Å². The largest absolute Gasteiger partial charge is 0.444 e. The number of carbonyl (C=O) groups excluding carboxylic acids is 1. The molecule has 82 valence electrons. The van der Waals surface area contributed by atoms with Crippen molar-refractivity contribution in [1.82, 2.24) is 4.90 Å². The first kappa shape index (κ1) is 11.3. The lowest BCUT2D eigenvalue weighted by Crippen LogP contribution is -2.39. The zero-order valence-electron chi connectivity index (χ0n) is 9.67. The highest BCUT2D eigenvalue weighted by Crippen LogP contribution is 2.22. The summed E-state index contributed by atoms with van der Waals surface area (Å²) < 4.78 is 5.34. The zero-order valence-corrected chi connectivity index (χ0v) is 9.67. The molecule has 1 heterocycles. The molecule has 0 unspecified atom stereocenters. The molecule has 3 heteroatoms. The van der Waals surface area contributed by atoms with E-state index in [1.807, 2.05) is 25.7 Å². The molecule has 0 aliphatic carbocycles. The third kappa shape index (κ3) is 2.89. The van der Waals surface area contributed by atoms with Crippen LogP contribution in [0, 0.1) is 0 Å². The molecule has 0 spiro atoms. The fourth-order valence-electron chi connectivity index (χ4n) is 1.82. The lowest BCUT2D eigenvalue weighted by atomic mass is 10.2. The van der Waals surface area contributed by atoms with Crippen molar-refractivity contribution in [3.63, 3.8) is 0 Å². The number of hydrogen-bond acceptors (Lipinski definition) is 2. The topological polar surface area (TPSA) is 29.5 Å². The van der Waals surface area contributed by atoms with Gasteiger partial charge in [0.25, 0.3) is 0 Å². The molecule has 0 aromatic heterocycles. The standard InChI is InChI=1S/C11H21NO2/c1-5-9-7-6-8-12(9)10(13)14-11(2,3)4/h9H,5-8H2,1-4H3/t9-/m1/s1. The molecular formula is C11H21NO2. The number of nitrogens with zero attached hydrogens (tertiary/aromatic N) is 1. The second-order valence-corrected chi connectivity index (χ2v) is 4.88. The Hall–Kier alpha value is -0.730. The summed E-state index contributed by atoms with van der Waals surface area (Å²) in [5, 5.41) is 0. The Balaban J connectivity index is 2.52. The first-order valence-corrected chi connectivity index (χ1v) is 5.43. The Morgan fingerprint density at radius 3 is 2.64 bits per heavy atom. The summed E-state index contributed by atoms with van der Waals surface area (Å²) >= 11 is 0. The highest BCUT2D eigenvalue weighted by Gasteiger charge is 2.30. The van der Waals surface area contributed by atoms with Crippen LogP contribution in [0.15, 0.2) is 0 Å². The Bertz CT molecular complexity index is 208. The number of hydrogen-bond donors (Lipinski definition) is 0. The molecule has 1 aliphatic rings. The van der Waals surface area contributed by atoms with Crippen LogP contribution in [0.5, 0.6) is 0 Å². The van der Waals surface area contributed by atoms with E-state index in [-0.39, 0.29) is 11.7 Å². The van der Waals surface area contributed by atoms with Crippen molar-refractivity contribution < 1.29 is 9.53 Å². The van der Waals surface area contributed by atoms with Crippen molar-refractivity contribution >= 4 is 6.09 Å². The molecule has 1 amide bonds. The van der Waals surface area contributed by atoms with Gasteiger partial charge in [-0.05, 0) is 40.0 Å². The molecular weight excluding hydrogens is 178 g/mol. The predicted octanol–water partition coefficient (Wildman–Crippen LogP) is 2.80. The SMILES string of the molecule is CC[C@@H]1CCCN1C(=O)OC(C)(C)C. The van der Waals surface area contributed by atoms with Crippen molar-refractivity contribution in [3.05, 3.63) is 0 Å². The number of likely N-dealkylation sites (tertiary alicyclic amines) is 1. The maximum atomic E-state index is 11.7. The summed E-state index contributed by atoms with van der Waals surface area (Å²) in [5.74, 6) is 0. The van der Waals surface area contributed by atoms with Crippen molar-refractivity contribution in [2.75, 3.05) is 6.54 Å². The van der Waals surface area contributed by atoms with Crippen LogP contribution in [0.2, 0.25) is 0 Å². The molecule has 1 rings (SSSR count). The first-order valence-electron chi connectivity index (χ1n) is 5.43. The predicted molar refractivity (Wildman–Crippen MR) is 56.3 cm³/mol. The summed E-state index contributed by atoms with van der Waals surface area (Å²) in [5.41, 5.74) is -0.377. The van der Waals surface area contributed by atoms with Gasteiger partial charge in [-0.15, -0.1) is 0 Å². The van der Waals surface area contributed by atoms with Gasteiger partial charge in [0.15, 0.2) is 0 Å². The normalized spacial score (nSPS) is 22.6. The minimum atomic E-state index is -0.377. The molecule has 1 atom stereocenters. The number of ether oxygens (including phenoxy) is 1. The van der Waals surface area contributed by atoms with Gasteiger partial charge in [0.1, 0.15) is 5.60 Å². The first-order chi connectivity index (χ1) is 6.44. The zero-order chi connectivity index (χ0) is 10.8. The van der Waals surface area contributed by atoms with Gasteiger partial charge >= 0.3 is 6.09 Å². The second kappa shape index (κ2) is 4.20. The third-order valence-electron chi connectivity index (χ3n) is 2.48. The molecule has 0 N–H and O–H groups in total. The van der Waals surface area contributed by atoms with Gasteiger partial charge in [0, 0.05) is 12.6 Å². The van der Waals surface area contributed by atoms with E-state index in [2.05, 4.69) is 6.92 Å². The quantitative estimate of drug-likeness (QED) is 0.650. The Kier molecular flexibility index (Phi) is 3.40. The molecule has 1 saturated heterocycles.